The number of ether oxygens (including phenoxy) is 1. The Morgan fingerprint density at radius 3 is 2.38 bits per heavy atom. The first kappa shape index (κ1) is 20.1. The van der Waals surface area contributed by atoms with E-state index < -0.39 is 16.4 Å². The topological polar surface area (TPSA) is 92.7 Å². The van der Waals surface area contributed by atoms with Gasteiger partial charge in [-0.3, -0.25) is 0 Å². The molecule has 0 aliphatic rings. The number of aryl methyl sites for hydroxylation is 1. The van der Waals surface area contributed by atoms with Crippen molar-refractivity contribution in [3.8, 4) is 5.75 Å². The number of benzene rings is 1. The van der Waals surface area contributed by atoms with E-state index >= 15 is 0 Å². The van der Waals surface area contributed by atoms with E-state index in [1.54, 1.807) is 13.0 Å². The summed E-state index contributed by atoms with van der Waals surface area (Å²) < 4.78 is 42.5. The van der Waals surface area contributed by atoms with Crippen LogP contribution in [0.15, 0.2) is 30.4 Å². The highest BCUT2D eigenvalue weighted by atomic mass is 32.3. The number of hydrogen-bond donors (Lipinski definition) is 0. The van der Waals surface area contributed by atoms with Crippen LogP contribution in [-0.2, 0) is 19.9 Å². The molecule has 0 bridgehead atoms. The van der Waals surface area contributed by atoms with Gasteiger partial charge in [0.1, 0.15) is 18.4 Å². The van der Waals surface area contributed by atoms with Gasteiger partial charge in [-0.25, -0.2) is 13.2 Å². The monoisotopic (exact) mass is 357 g/mol. The van der Waals surface area contributed by atoms with E-state index in [1.165, 1.54) is 12.1 Å². The molecule has 8 heteroatoms. The first-order chi connectivity index (χ1) is 10.8. The van der Waals surface area contributed by atoms with E-state index in [4.69, 9.17) is 4.74 Å². The molecule has 0 heterocycles. The Morgan fingerprint density at radius 2 is 1.92 bits per heavy atom. The van der Waals surface area contributed by atoms with Gasteiger partial charge < -0.3 is 18.0 Å². The van der Waals surface area contributed by atoms with Gasteiger partial charge in [0.2, 0.25) is 0 Å². The van der Waals surface area contributed by atoms with Crippen LogP contribution in [0.2, 0.25) is 0 Å². The molecule has 0 spiro atoms. The van der Waals surface area contributed by atoms with Crippen molar-refractivity contribution in [2.24, 2.45) is 0 Å². The quantitative estimate of drug-likeness (QED) is 0.242. The Hall–Kier alpha value is -1.90. The number of nitrogens with zero attached hydrogens (tertiary/aromatic N) is 1. The molecular formula is C16H23NO6S. The minimum absolute atomic E-state index is 0.0730. The van der Waals surface area contributed by atoms with Crippen LogP contribution in [0.25, 0.3) is 0 Å². The molecule has 0 aromatic heterocycles. The minimum Gasteiger partial charge on any atom is -0.716 e. The molecule has 7 nitrogen and oxygen atoms in total. The van der Waals surface area contributed by atoms with E-state index in [1.807, 2.05) is 28.1 Å². The lowest BCUT2D eigenvalue weighted by molar-refractivity contribution is -0.902. The summed E-state index contributed by atoms with van der Waals surface area (Å²) in [5.74, 6) is -0.573. The van der Waals surface area contributed by atoms with Crippen molar-refractivity contribution in [2.75, 3.05) is 27.7 Å². The highest BCUT2D eigenvalue weighted by Crippen LogP contribution is 2.30. The molecule has 24 heavy (non-hydrogen) atoms. The van der Waals surface area contributed by atoms with E-state index in [0.29, 0.717) is 10.1 Å². The van der Waals surface area contributed by atoms with Gasteiger partial charge in [-0.05, 0) is 31.5 Å². The summed E-state index contributed by atoms with van der Waals surface area (Å²) in [7, 11) is 0.883. The number of carbonyl (C=O) groups excluding carboxylic acids is 1. The van der Waals surface area contributed by atoms with E-state index in [9.17, 15) is 17.8 Å². The average Bonchev–Trinajstić information content (AvgIpc) is 2.38. The maximum atomic E-state index is 11.7. The summed E-state index contributed by atoms with van der Waals surface area (Å²) in [6.07, 6.45) is 0. The molecule has 0 amide bonds. The second kappa shape index (κ2) is 7.33. The van der Waals surface area contributed by atoms with Crippen LogP contribution in [0.1, 0.15) is 24.1 Å². The summed E-state index contributed by atoms with van der Waals surface area (Å²) in [5, 5.41) is 0. The zero-order valence-corrected chi connectivity index (χ0v) is 15.3. The summed E-state index contributed by atoms with van der Waals surface area (Å²) in [4.78, 5) is 11.7. The summed E-state index contributed by atoms with van der Waals surface area (Å²) in [6.45, 7) is 7.01. The Balaban J connectivity index is 3.20. The summed E-state index contributed by atoms with van der Waals surface area (Å²) >= 11 is 0. The zero-order valence-electron chi connectivity index (χ0n) is 14.5. The lowest BCUT2D eigenvalue weighted by Crippen LogP contribution is -2.42. The molecule has 134 valence electrons. The number of carbonyl (C=O) groups is 1. The van der Waals surface area contributed by atoms with Gasteiger partial charge in [0, 0.05) is 11.1 Å². The van der Waals surface area contributed by atoms with Crippen molar-refractivity contribution in [1.29, 1.82) is 0 Å². The highest BCUT2D eigenvalue weighted by Gasteiger charge is 2.29. The first-order valence-electron chi connectivity index (χ1n) is 7.21. The van der Waals surface area contributed by atoms with Crippen LogP contribution in [0, 0.1) is 6.92 Å². The van der Waals surface area contributed by atoms with E-state index in [2.05, 4.69) is 10.8 Å². The molecule has 0 fully saturated rings. The normalized spacial score (nSPS) is 13.2. The molecule has 0 aliphatic heterocycles. The molecule has 1 rings (SSSR count). The maximum Gasteiger partial charge on any atom is 0.333 e. The Morgan fingerprint density at radius 1 is 1.33 bits per heavy atom. The van der Waals surface area contributed by atoms with Gasteiger partial charge in [-0.15, -0.1) is 0 Å². The minimum atomic E-state index is -4.86. The second-order valence-corrected chi connectivity index (χ2v) is 7.50. The molecule has 0 N–H and O–H groups in total. The lowest BCUT2D eigenvalue weighted by Gasteiger charge is -2.35. The fraction of sp³-hybridized carbons (Fsp3) is 0.438. The lowest BCUT2D eigenvalue weighted by atomic mass is 9.99. The average molecular weight is 357 g/mol. The first-order valence-corrected chi connectivity index (χ1v) is 8.54. The molecule has 1 aromatic carbocycles. The van der Waals surface area contributed by atoms with Gasteiger partial charge in [-0.1, -0.05) is 12.6 Å². The van der Waals surface area contributed by atoms with Crippen molar-refractivity contribution in [3.05, 3.63) is 41.5 Å². The predicted molar refractivity (Wildman–Crippen MR) is 88.1 cm³/mol. The van der Waals surface area contributed by atoms with E-state index in [0.717, 1.165) is 11.1 Å². The fourth-order valence-electron chi connectivity index (χ4n) is 2.16. The van der Waals surface area contributed by atoms with Gasteiger partial charge >= 0.3 is 5.97 Å². The summed E-state index contributed by atoms with van der Waals surface area (Å²) in [5.41, 5.74) is 1.87. The standard InChI is InChI=1S/C16H23NO6S/c1-11(2)16(18)22-10-15(17(4,5)6)14-9-13(8-7-12(14)3)23-24(19,20)21/h7-9,15H,1,10H2,2-6H3. The Kier molecular flexibility index (Phi) is 6.15. The van der Waals surface area contributed by atoms with Gasteiger partial charge in [0.25, 0.3) is 10.4 Å². The predicted octanol–water partition coefficient (Wildman–Crippen LogP) is 1.70. The third-order valence-corrected chi connectivity index (χ3v) is 3.86. The number of likely N-dealkylation sites (N-methyl/N-ethyl adjacent to an activating group) is 1. The van der Waals surface area contributed by atoms with Crippen LogP contribution in [0.4, 0.5) is 0 Å². The van der Waals surface area contributed by atoms with Gasteiger partial charge in [0.05, 0.1) is 21.1 Å². The third-order valence-electron chi connectivity index (χ3n) is 3.46. The van der Waals surface area contributed by atoms with Crippen molar-refractivity contribution in [1.82, 2.24) is 0 Å². The molecule has 0 radical (unpaired) electrons. The molecule has 0 saturated carbocycles. The van der Waals surface area contributed by atoms with Crippen LogP contribution < -0.4 is 4.18 Å². The molecule has 1 atom stereocenters. The van der Waals surface area contributed by atoms with Crippen molar-refractivity contribution >= 4 is 16.4 Å². The number of esters is 1. The Labute approximate surface area is 143 Å². The molecule has 0 aliphatic carbocycles. The fourth-order valence-corrected chi connectivity index (χ4v) is 2.50. The zero-order chi connectivity index (χ0) is 18.7. The molecular weight excluding hydrogens is 334 g/mol. The van der Waals surface area contributed by atoms with Crippen LogP contribution >= 0.6 is 0 Å². The largest absolute Gasteiger partial charge is 0.716 e. The molecule has 1 aromatic rings. The van der Waals surface area contributed by atoms with Crippen LogP contribution in [0.5, 0.6) is 5.75 Å². The van der Waals surface area contributed by atoms with E-state index in [-0.39, 0.29) is 18.4 Å². The summed E-state index contributed by atoms with van der Waals surface area (Å²) in [6, 6.07) is 4.25. The maximum absolute atomic E-state index is 11.7. The molecule has 1 unspecified atom stereocenters. The van der Waals surface area contributed by atoms with Gasteiger partial charge in [-0.2, -0.15) is 0 Å². The van der Waals surface area contributed by atoms with Crippen molar-refractivity contribution in [3.63, 3.8) is 0 Å². The number of rotatable bonds is 7. The number of quaternary nitrogens is 1. The van der Waals surface area contributed by atoms with Crippen molar-refractivity contribution < 1.29 is 31.2 Å². The van der Waals surface area contributed by atoms with Crippen LogP contribution in [0.3, 0.4) is 0 Å². The third kappa shape index (κ3) is 5.95. The molecule has 0 saturated heterocycles. The SMILES string of the molecule is C=C(C)C(=O)OCC(c1cc(OS(=O)(=O)[O-])ccc1C)[N+](C)(C)C. The number of hydrogen-bond acceptors (Lipinski definition) is 6. The smallest absolute Gasteiger partial charge is 0.333 e. The highest BCUT2D eigenvalue weighted by molar-refractivity contribution is 7.81. The van der Waals surface area contributed by atoms with Crippen molar-refractivity contribution in [2.45, 2.75) is 19.9 Å². The van der Waals surface area contributed by atoms with Crippen LogP contribution in [-0.4, -0.2) is 51.2 Å². The second-order valence-electron chi connectivity index (χ2n) is 6.52. The Bertz CT molecular complexity index is 733. The van der Waals surface area contributed by atoms with Gasteiger partial charge in [0.15, 0.2) is 0 Å².